The molecule has 1 rings (SSSR count). The van der Waals surface area contributed by atoms with E-state index in [0.29, 0.717) is 23.1 Å². The maximum Gasteiger partial charge on any atom is 0.251 e. The lowest BCUT2D eigenvalue weighted by atomic mass is 10.2. The number of nitrogens with one attached hydrogen (secondary N) is 2. The molecule has 0 aliphatic rings. The third kappa shape index (κ3) is 4.77. The summed E-state index contributed by atoms with van der Waals surface area (Å²) in [5.41, 5.74) is 0.413. The van der Waals surface area contributed by atoms with Crippen molar-refractivity contribution in [2.75, 3.05) is 33.7 Å². The van der Waals surface area contributed by atoms with Crippen LogP contribution in [0.25, 0.3) is 0 Å². The summed E-state index contributed by atoms with van der Waals surface area (Å²) in [5.74, 6) is -0.234. The molecule has 118 valence electrons. The molecule has 0 aliphatic carbocycles. The van der Waals surface area contributed by atoms with Crippen LogP contribution in [-0.4, -0.2) is 52.4 Å². The third-order valence-electron chi connectivity index (χ3n) is 2.79. The zero-order valence-corrected chi connectivity index (χ0v) is 14.7. The van der Waals surface area contributed by atoms with Crippen molar-refractivity contribution >= 4 is 31.9 Å². The molecule has 0 aliphatic heterocycles. The topological polar surface area (TPSA) is 78.5 Å². The lowest BCUT2D eigenvalue weighted by Gasteiger charge is -2.13. The first-order valence-corrected chi connectivity index (χ1v) is 8.75. The van der Waals surface area contributed by atoms with Gasteiger partial charge in [-0.1, -0.05) is 6.92 Å². The summed E-state index contributed by atoms with van der Waals surface area (Å²) in [7, 11) is -0.607. The minimum absolute atomic E-state index is 0.136. The molecule has 0 heterocycles. The molecule has 0 bridgehead atoms. The van der Waals surface area contributed by atoms with Gasteiger partial charge in [0.05, 0.1) is 4.90 Å². The van der Waals surface area contributed by atoms with Crippen LogP contribution in [0.15, 0.2) is 27.6 Å². The number of halogens is 1. The zero-order valence-electron chi connectivity index (χ0n) is 12.3. The van der Waals surface area contributed by atoms with Crippen LogP contribution in [0.2, 0.25) is 0 Å². The molecule has 1 aromatic rings. The highest BCUT2D eigenvalue weighted by Gasteiger charge is 2.21. The van der Waals surface area contributed by atoms with Crippen LogP contribution in [0, 0.1) is 0 Å². The Morgan fingerprint density at radius 2 is 1.95 bits per heavy atom. The van der Waals surface area contributed by atoms with Crippen molar-refractivity contribution in [2.24, 2.45) is 0 Å². The SMILES string of the molecule is CCNCCNC(=O)c1ccc(S(=O)(=O)N(C)C)c(Br)c1. The van der Waals surface area contributed by atoms with Gasteiger partial charge in [0, 0.05) is 37.2 Å². The first kappa shape index (κ1) is 18.1. The fraction of sp³-hybridized carbons (Fsp3) is 0.462. The van der Waals surface area contributed by atoms with Gasteiger partial charge in [-0.3, -0.25) is 4.79 Å². The fourth-order valence-electron chi connectivity index (χ4n) is 1.59. The van der Waals surface area contributed by atoms with E-state index in [-0.39, 0.29) is 10.8 Å². The third-order valence-corrected chi connectivity index (χ3v) is 5.58. The normalized spacial score (nSPS) is 11.7. The van der Waals surface area contributed by atoms with Crippen LogP contribution in [0.5, 0.6) is 0 Å². The maximum atomic E-state index is 12.1. The largest absolute Gasteiger partial charge is 0.351 e. The number of likely N-dealkylation sites (N-methyl/N-ethyl adjacent to an activating group) is 1. The number of hydrogen-bond acceptors (Lipinski definition) is 4. The molecule has 1 aromatic carbocycles. The Labute approximate surface area is 134 Å². The molecule has 6 nitrogen and oxygen atoms in total. The molecular weight excluding hydrogens is 358 g/mol. The van der Waals surface area contributed by atoms with Gasteiger partial charge in [-0.2, -0.15) is 0 Å². The monoisotopic (exact) mass is 377 g/mol. The molecule has 2 N–H and O–H groups in total. The lowest BCUT2D eigenvalue weighted by Crippen LogP contribution is -2.31. The number of amides is 1. The highest BCUT2D eigenvalue weighted by Crippen LogP contribution is 2.25. The quantitative estimate of drug-likeness (QED) is 0.695. The minimum Gasteiger partial charge on any atom is -0.351 e. The molecule has 0 radical (unpaired) electrons. The van der Waals surface area contributed by atoms with Crippen molar-refractivity contribution in [2.45, 2.75) is 11.8 Å². The second-order valence-electron chi connectivity index (χ2n) is 4.54. The average Bonchev–Trinajstić information content (AvgIpc) is 2.42. The molecule has 0 unspecified atom stereocenters. The molecule has 0 saturated heterocycles. The number of sulfonamides is 1. The van der Waals surface area contributed by atoms with E-state index in [1.54, 1.807) is 0 Å². The number of carbonyl (C=O) groups is 1. The lowest BCUT2D eigenvalue weighted by molar-refractivity contribution is 0.0954. The Kier molecular flexibility index (Phi) is 6.79. The maximum absolute atomic E-state index is 12.1. The molecule has 0 spiro atoms. The van der Waals surface area contributed by atoms with Crippen LogP contribution >= 0.6 is 15.9 Å². The van der Waals surface area contributed by atoms with Gasteiger partial charge >= 0.3 is 0 Å². The molecule has 8 heteroatoms. The summed E-state index contributed by atoms with van der Waals surface area (Å²) in [6.07, 6.45) is 0. The van der Waals surface area contributed by atoms with E-state index < -0.39 is 10.0 Å². The van der Waals surface area contributed by atoms with Gasteiger partial charge in [0.25, 0.3) is 5.91 Å². The summed E-state index contributed by atoms with van der Waals surface area (Å²) in [4.78, 5) is 12.1. The Balaban J connectivity index is 2.86. The second kappa shape index (κ2) is 7.88. The van der Waals surface area contributed by atoms with Crippen molar-refractivity contribution in [3.8, 4) is 0 Å². The molecular formula is C13H20BrN3O3S. The fourth-order valence-corrected chi connectivity index (χ4v) is 3.52. The van der Waals surface area contributed by atoms with Crippen LogP contribution in [0.3, 0.4) is 0 Å². The standard InChI is InChI=1S/C13H20BrN3O3S/c1-4-15-7-8-16-13(18)10-5-6-12(11(14)9-10)21(19,20)17(2)3/h5-6,9,15H,4,7-8H2,1-3H3,(H,16,18). The number of carbonyl (C=O) groups excluding carboxylic acids is 1. The number of nitrogens with zero attached hydrogens (tertiary/aromatic N) is 1. The highest BCUT2D eigenvalue weighted by atomic mass is 79.9. The zero-order chi connectivity index (χ0) is 16.0. The van der Waals surface area contributed by atoms with Crippen molar-refractivity contribution in [1.82, 2.24) is 14.9 Å². The highest BCUT2D eigenvalue weighted by molar-refractivity contribution is 9.10. The van der Waals surface area contributed by atoms with E-state index in [2.05, 4.69) is 26.6 Å². The van der Waals surface area contributed by atoms with Gasteiger partial charge in [0.15, 0.2) is 0 Å². The summed E-state index contributed by atoms with van der Waals surface area (Å²) < 4.78 is 25.6. The van der Waals surface area contributed by atoms with Crippen molar-refractivity contribution in [1.29, 1.82) is 0 Å². The summed E-state index contributed by atoms with van der Waals surface area (Å²) in [6, 6.07) is 4.45. The summed E-state index contributed by atoms with van der Waals surface area (Å²) in [5, 5.41) is 5.86. The van der Waals surface area contributed by atoms with Crippen molar-refractivity contribution in [3.05, 3.63) is 28.2 Å². The Morgan fingerprint density at radius 1 is 1.29 bits per heavy atom. The van der Waals surface area contributed by atoms with Crippen LogP contribution in [-0.2, 0) is 10.0 Å². The van der Waals surface area contributed by atoms with Crippen LogP contribution in [0.4, 0.5) is 0 Å². The predicted octanol–water partition coefficient (Wildman–Crippen LogP) is 1.04. The average molecular weight is 378 g/mol. The molecule has 0 atom stereocenters. The smallest absolute Gasteiger partial charge is 0.251 e. The van der Waals surface area contributed by atoms with E-state index in [0.717, 1.165) is 10.8 Å². The summed E-state index contributed by atoms with van der Waals surface area (Å²) in [6.45, 7) is 4.04. The van der Waals surface area contributed by atoms with Gasteiger partial charge < -0.3 is 10.6 Å². The van der Waals surface area contributed by atoms with Gasteiger partial charge in [-0.05, 0) is 40.7 Å². The van der Waals surface area contributed by atoms with Gasteiger partial charge in [-0.25, -0.2) is 12.7 Å². The molecule has 1 amide bonds. The number of hydrogen-bond donors (Lipinski definition) is 2. The van der Waals surface area contributed by atoms with E-state index in [1.165, 1.54) is 32.3 Å². The van der Waals surface area contributed by atoms with Gasteiger partial charge in [-0.15, -0.1) is 0 Å². The van der Waals surface area contributed by atoms with E-state index in [1.807, 2.05) is 6.92 Å². The number of rotatable bonds is 7. The minimum atomic E-state index is -3.53. The van der Waals surface area contributed by atoms with Crippen molar-refractivity contribution in [3.63, 3.8) is 0 Å². The molecule has 0 fully saturated rings. The van der Waals surface area contributed by atoms with Crippen molar-refractivity contribution < 1.29 is 13.2 Å². The second-order valence-corrected chi connectivity index (χ2v) is 7.52. The molecule has 0 saturated carbocycles. The molecule has 21 heavy (non-hydrogen) atoms. The predicted molar refractivity (Wildman–Crippen MR) is 85.9 cm³/mol. The van der Waals surface area contributed by atoms with Crippen LogP contribution in [0.1, 0.15) is 17.3 Å². The number of benzene rings is 1. The molecule has 0 aromatic heterocycles. The van der Waals surface area contributed by atoms with Gasteiger partial charge in [0.1, 0.15) is 0 Å². The Bertz CT molecular complexity index is 603. The van der Waals surface area contributed by atoms with E-state index >= 15 is 0 Å². The summed E-state index contributed by atoms with van der Waals surface area (Å²) >= 11 is 3.21. The van der Waals surface area contributed by atoms with E-state index in [4.69, 9.17) is 0 Å². The van der Waals surface area contributed by atoms with Gasteiger partial charge in [0.2, 0.25) is 10.0 Å². The first-order valence-electron chi connectivity index (χ1n) is 6.51. The first-order chi connectivity index (χ1) is 9.80. The van der Waals surface area contributed by atoms with E-state index in [9.17, 15) is 13.2 Å². The van der Waals surface area contributed by atoms with Crippen LogP contribution < -0.4 is 10.6 Å². The Hall–Kier alpha value is -0.960. The Morgan fingerprint density at radius 3 is 2.48 bits per heavy atom.